The van der Waals surface area contributed by atoms with E-state index in [9.17, 15) is 14.7 Å². The van der Waals surface area contributed by atoms with Gasteiger partial charge in [0.25, 0.3) is 5.91 Å². The molecule has 15 heteroatoms. The fraction of sp³-hybridized carbons (Fsp3) is 0.250. The number of nitrogens with zero attached hydrogens (tertiary/aromatic N) is 2. The van der Waals surface area contributed by atoms with Crippen LogP contribution in [0.3, 0.4) is 0 Å². The second kappa shape index (κ2) is 17.2. The molecule has 1 atom stereocenters. The number of nitrogens with one attached hydrogen (secondary N) is 3. The van der Waals surface area contributed by atoms with Gasteiger partial charge in [-0.05, 0) is 29.8 Å². The normalized spacial score (nSPS) is 11.6. The molecule has 248 valence electrons. The number of hydrogen-bond acceptors (Lipinski definition) is 10. The minimum absolute atomic E-state index is 0.0267. The van der Waals surface area contributed by atoms with E-state index in [4.69, 9.17) is 54.5 Å². The molecule has 47 heavy (non-hydrogen) atoms. The highest BCUT2D eigenvalue weighted by molar-refractivity contribution is 6.39. The summed E-state index contributed by atoms with van der Waals surface area (Å²) in [5.74, 6) is -1.12. The number of methoxy groups -OCH3 is 1. The maximum atomic E-state index is 12.9. The molecule has 0 spiro atoms. The van der Waals surface area contributed by atoms with Crippen molar-refractivity contribution in [2.75, 3.05) is 32.2 Å². The van der Waals surface area contributed by atoms with Crippen LogP contribution in [0.25, 0.3) is 11.1 Å². The molecule has 0 aliphatic carbocycles. The van der Waals surface area contributed by atoms with Crippen molar-refractivity contribution in [2.24, 2.45) is 0 Å². The Morgan fingerprint density at radius 2 is 1.72 bits per heavy atom. The lowest BCUT2D eigenvalue weighted by Crippen LogP contribution is -2.39. The Hall–Kier alpha value is -4.01. The van der Waals surface area contributed by atoms with Crippen LogP contribution in [0.15, 0.2) is 60.8 Å². The second-order valence-electron chi connectivity index (χ2n) is 10.0. The molecular formula is C32H32Cl3N5O7. The smallest absolute Gasteiger partial charge is 0.323 e. The van der Waals surface area contributed by atoms with E-state index in [-0.39, 0.29) is 46.4 Å². The van der Waals surface area contributed by atoms with Crippen LogP contribution in [-0.2, 0) is 24.5 Å². The van der Waals surface area contributed by atoms with Crippen molar-refractivity contribution >= 4 is 52.4 Å². The summed E-state index contributed by atoms with van der Waals surface area (Å²) in [4.78, 5) is 32.8. The fourth-order valence-electron chi connectivity index (χ4n) is 4.39. The molecule has 0 saturated carbocycles. The van der Waals surface area contributed by atoms with Crippen LogP contribution >= 0.6 is 34.8 Å². The average Bonchev–Trinajstić information content (AvgIpc) is 3.06. The maximum absolute atomic E-state index is 12.9. The Morgan fingerprint density at radius 1 is 0.979 bits per heavy atom. The first-order chi connectivity index (χ1) is 22.7. The summed E-state index contributed by atoms with van der Waals surface area (Å²) >= 11 is 20.0. The summed E-state index contributed by atoms with van der Waals surface area (Å²) in [7, 11) is 1.41. The quantitative estimate of drug-likeness (QED) is 0.0903. The molecule has 0 radical (unpaired) electrons. The Labute approximate surface area is 285 Å². The van der Waals surface area contributed by atoms with Gasteiger partial charge in [0.1, 0.15) is 29.8 Å². The Balaban J connectivity index is 1.48. The number of amides is 1. The lowest BCUT2D eigenvalue weighted by molar-refractivity contribution is -0.140. The molecule has 0 saturated heterocycles. The van der Waals surface area contributed by atoms with Gasteiger partial charge in [-0.2, -0.15) is 0 Å². The fourth-order valence-corrected chi connectivity index (χ4v) is 5.17. The van der Waals surface area contributed by atoms with Crippen molar-refractivity contribution in [3.05, 3.63) is 98.4 Å². The molecule has 4 aromatic rings. The monoisotopic (exact) mass is 703 g/mol. The predicted octanol–water partition coefficient (Wildman–Crippen LogP) is 4.56. The summed E-state index contributed by atoms with van der Waals surface area (Å²) in [5, 5.41) is 36.6. The van der Waals surface area contributed by atoms with E-state index >= 15 is 0 Å². The average molecular weight is 705 g/mol. The van der Waals surface area contributed by atoms with Gasteiger partial charge in [0, 0.05) is 42.5 Å². The molecule has 1 amide bonds. The standard InChI is InChI=1S/C32H32Cl3N5O7/c1-46-31-19(15-38-25(16-42)32(44)45)12-22(33)26(40-31)17-47-27-7-3-5-21(29(27)35)20-4-2-6-23(28(20)34)39-30(43)24-9-8-18(14-37-24)13-36-10-11-41/h2-9,12,14,25,36,38,41-42H,10-11,13,15-17H2,1H3,(H,39,43)(H,44,45)/t25-/m0/s1. The topological polar surface area (TPSA) is 175 Å². The van der Waals surface area contributed by atoms with Crippen molar-refractivity contribution in [3.63, 3.8) is 0 Å². The molecule has 0 aliphatic rings. The zero-order valence-electron chi connectivity index (χ0n) is 25.1. The van der Waals surface area contributed by atoms with Crippen molar-refractivity contribution in [3.8, 4) is 22.8 Å². The number of aliphatic carboxylic acids is 1. The van der Waals surface area contributed by atoms with Gasteiger partial charge in [0.2, 0.25) is 5.88 Å². The molecule has 0 unspecified atom stereocenters. The van der Waals surface area contributed by atoms with Crippen molar-refractivity contribution in [2.45, 2.75) is 25.7 Å². The van der Waals surface area contributed by atoms with Crippen molar-refractivity contribution in [1.82, 2.24) is 20.6 Å². The summed E-state index contributed by atoms with van der Waals surface area (Å²) in [6.07, 6.45) is 1.59. The van der Waals surface area contributed by atoms with Crippen LogP contribution in [0.2, 0.25) is 15.1 Å². The Kier molecular flexibility index (Phi) is 13.1. The van der Waals surface area contributed by atoms with E-state index in [1.807, 2.05) is 0 Å². The highest BCUT2D eigenvalue weighted by Crippen LogP contribution is 2.41. The number of benzene rings is 2. The number of hydrogen-bond donors (Lipinski definition) is 6. The first-order valence-electron chi connectivity index (χ1n) is 14.2. The number of carboxylic acid groups (broad SMARTS) is 1. The SMILES string of the molecule is COc1nc(COc2cccc(-c3cccc(NC(=O)c4ccc(CNCCO)cn4)c3Cl)c2Cl)c(Cl)cc1CN[C@@H](CO)C(=O)O. The number of aliphatic hydroxyl groups is 2. The first-order valence-corrected chi connectivity index (χ1v) is 15.4. The summed E-state index contributed by atoms with van der Waals surface area (Å²) in [6, 6.07) is 14.1. The third-order valence-corrected chi connectivity index (χ3v) is 7.96. The molecule has 12 nitrogen and oxygen atoms in total. The van der Waals surface area contributed by atoms with Gasteiger partial charge in [0.05, 0.1) is 41.1 Å². The summed E-state index contributed by atoms with van der Waals surface area (Å²) in [5.41, 5.74) is 3.36. The molecular weight excluding hydrogens is 673 g/mol. The summed E-state index contributed by atoms with van der Waals surface area (Å²) < 4.78 is 11.3. The van der Waals surface area contributed by atoms with Crippen molar-refractivity contribution < 1.29 is 34.4 Å². The molecule has 2 aromatic carbocycles. The lowest BCUT2D eigenvalue weighted by atomic mass is 10.0. The van der Waals surface area contributed by atoms with E-state index in [0.29, 0.717) is 46.9 Å². The maximum Gasteiger partial charge on any atom is 0.323 e. The van der Waals surface area contributed by atoms with Gasteiger partial charge in [0.15, 0.2) is 0 Å². The van der Waals surface area contributed by atoms with Gasteiger partial charge in [-0.3, -0.25) is 19.9 Å². The molecule has 0 bridgehead atoms. The lowest BCUT2D eigenvalue weighted by Gasteiger charge is -2.16. The highest BCUT2D eigenvalue weighted by atomic mass is 35.5. The number of pyridine rings is 2. The molecule has 0 aliphatic heterocycles. The predicted molar refractivity (Wildman–Crippen MR) is 178 cm³/mol. The zero-order chi connectivity index (χ0) is 33.9. The minimum Gasteiger partial charge on any atom is -0.486 e. The Morgan fingerprint density at radius 3 is 2.38 bits per heavy atom. The van der Waals surface area contributed by atoms with Gasteiger partial charge < -0.3 is 35.4 Å². The van der Waals surface area contributed by atoms with Crippen molar-refractivity contribution in [1.29, 1.82) is 0 Å². The highest BCUT2D eigenvalue weighted by Gasteiger charge is 2.20. The minimum atomic E-state index is -1.20. The van der Waals surface area contributed by atoms with Crippen LogP contribution in [-0.4, -0.2) is 70.1 Å². The van der Waals surface area contributed by atoms with E-state index in [0.717, 1.165) is 5.56 Å². The number of aliphatic hydroxyl groups excluding tert-OH is 2. The molecule has 2 heterocycles. The third-order valence-electron chi connectivity index (χ3n) is 6.84. The van der Waals surface area contributed by atoms with Crippen LogP contribution in [0.5, 0.6) is 11.6 Å². The third kappa shape index (κ3) is 9.30. The number of carboxylic acids is 1. The molecule has 4 rings (SSSR count). The van der Waals surface area contributed by atoms with E-state index in [2.05, 4.69) is 25.9 Å². The first kappa shape index (κ1) is 35.8. The van der Waals surface area contributed by atoms with Gasteiger partial charge in [-0.15, -0.1) is 0 Å². The second-order valence-corrected chi connectivity index (χ2v) is 11.2. The molecule has 2 aromatic heterocycles. The van der Waals surface area contributed by atoms with Gasteiger partial charge in [-0.25, -0.2) is 4.98 Å². The molecule has 0 fully saturated rings. The van der Waals surface area contributed by atoms with Crippen LogP contribution in [0.4, 0.5) is 5.69 Å². The number of carbonyl (C=O) groups is 2. The number of halogens is 3. The zero-order valence-corrected chi connectivity index (χ0v) is 27.4. The number of anilines is 1. The van der Waals surface area contributed by atoms with Crippen LogP contribution < -0.4 is 25.4 Å². The number of rotatable bonds is 16. The Bertz CT molecular complexity index is 1710. The largest absolute Gasteiger partial charge is 0.486 e. The van der Waals surface area contributed by atoms with Gasteiger partial charge >= 0.3 is 5.97 Å². The summed E-state index contributed by atoms with van der Waals surface area (Å²) in [6.45, 7) is 0.362. The van der Waals surface area contributed by atoms with E-state index < -0.39 is 24.5 Å². The van der Waals surface area contributed by atoms with Gasteiger partial charge in [-0.1, -0.05) is 65.1 Å². The van der Waals surface area contributed by atoms with Crippen LogP contribution in [0, 0.1) is 0 Å². The van der Waals surface area contributed by atoms with Crippen LogP contribution in [0.1, 0.15) is 27.3 Å². The van der Waals surface area contributed by atoms with E-state index in [1.54, 1.807) is 60.8 Å². The number of carbonyl (C=O) groups excluding carboxylic acids is 1. The number of aromatic nitrogens is 2. The number of ether oxygens (including phenoxy) is 2. The van der Waals surface area contributed by atoms with E-state index in [1.165, 1.54) is 7.11 Å². The molecule has 6 N–H and O–H groups in total.